The van der Waals surface area contributed by atoms with Gasteiger partial charge in [0.2, 0.25) is 0 Å². The zero-order valence-electron chi connectivity index (χ0n) is 44.8. The molecule has 0 amide bonds. The summed E-state index contributed by atoms with van der Waals surface area (Å²) in [4.78, 5) is 37.1. The molecule has 392 valence electrons. The number of allylic oxidation sites excluding steroid dienone is 12. The second-order valence-corrected chi connectivity index (χ2v) is 19.8. The van der Waals surface area contributed by atoms with Crippen molar-refractivity contribution in [2.24, 2.45) is 0 Å². The number of carbonyl (C=O) groups is 3. The molecule has 0 rings (SSSR count). The van der Waals surface area contributed by atoms with E-state index in [0.717, 1.165) is 83.5 Å². The summed E-state index contributed by atoms with van der Waals surface area (Å²) in [5.41, 5.74) is 0. The minimum absolute atomic E-state index is 0.0333. The second kappa shape index (κ2) is 50.2. The molecule has 0 aliphatic rings. The zero-order chi connectivity index (χ0) is 49.9. The van der Waals surface area contributed by atoms with Crippen LogP contribution in [0.4, 0.5) is 0 Å². The number of likely N-dealkylation sites (N-methyl/N-ethyl adjacent to an activating group) is 1. The topological polar surface area (TPSA) is 102 Å². The summed E-state index contributed by atoms with van der Waals surface area (Å²) < 4.78 is 17.3. The molecule has 8 nitrogen and oxygen atoms in total. The normalized spacial score (nSPS) is 13.4. The summed E-state index contributed by atoms with van der Waals surface area (Å²) in [5, 5.41) is 11.7. The maximum absolute atomic E-state index is 12.8. The predicted molar refractivity (Wildman–Crippen MR) is 286 cm³/mol. The Bertz CT molecular complexity index is 1340. The molecule has 0 bridgehead atoms. The monoisotopic (exact) mass is 952 g/mol. The predicted octanol–water partition coefficient (Wildman–Crippen LogP) is 15.3. The van der Waals surface area contributed by atoms with Crippen molar-refractivity contribution in [2.75, 3.05) is 41.0 Å². The van der Waals surface area contributed by atoms with E-state index in [1.54, 1.807) is 21.1 Å². The molecular formula is C60H105NO7. The van der Waals surface area contributed by atoms with Gasteiger partial charge in [-0.15, -0.1) is 0 Å². The third-order valence-electron chi connectivity index (χ3n) is 12.3. The lowest BCUT2D eigenvalue weighted by atomic mass is 10.1. The summed E-state index contributed by atoms with van der Waals surface area (Å²) >= 11 is 0. The van der Waals surface area contributed by atoms with Gasteiger partial charge in [-0.1, -0.05) is 209 Å². The Balaban J connectivity index is 4.23. The maximum Gasteiger partial charge on any atom is 0.306 e. The van der Waals surface area contributed by atoms with Gasteiger partial charge < -0.3 is 28.6 Å². The number of ether oxygens (including phenoxy) is 3. The van der Waals surface area contributed by atoms with E-state index in [2.05, 4.69) is 86.8 Å². The fourth-order valence-corrected chi connectivity index (χ4v) is 8.03. The van der Waals surface area contributed by atoms with Crippen LogP contribution in [0.3, 0.4) is 0 Å². The standard InChI is InChI=1S/C60H105NO7/c1-6-8-10-12-14-16-18-20-22-24-26-28-30-32-34-36-38-40-42-44-46-48-50-58(62)67-55-56(54-66-53-52-57(60(64)65)61(3,4)5)68-59(63)51-49-47-45-43-41-39-37-35-33-31-29-27-25-23-21-19-17-15-13-11-9-7-2/h9,11,15,17,21,23-24,26-27,29-30,32,56-57H,6-8,10,12-14,16,18-20,22,25,28,31,33-55H2,1-5H3/b11-9+,17-15+,23-21+,26-24+,29-27+,32-30+. The van der Waals surface area contributed by atoms with E-state index < -0.39 is 18.1 Å². The van der Waals surface area contributed by atoms with Gasteiger partial charge in [0.25, 0.3) is 0 Å². The van der Waals surface area contributed by atoms with E-state index in [9.17, 15) is 19.5 Å². The van der Waals surface area contributed by atoms with Gasteiger partial charge in [0.15, 0.2) is 6.10 Å². The molecule has 0 aromatic rings. The third kappa shape index (κ3) is 47.8. The molecule has 0 heterocycles. The first-order chi connectivity index (χ1) is 33.1. The molecule has 8 heteroatoms. The molecule has 0 aromatic carbocycles. The molecule has 2 unspecified atom stereocenters. The first-order valence-corrected chi connectivity index (χ1v) is 28.0. The largest absolute Gasteiger partial charge is 0.544 e. The quantitative estimate of drug-likeness (QED) is 0.0259. The summed E-state index contributed by atoms with van der Waals surface area (Å²) in [7, 11) is 5.41. The highest BCUT2D eigenvalue weighted by Crippen LogP contribution is 2.15. The third-order valence-corrected chi connectivity index (χ3v) is 12.3. The average molecular weight is 952 g/mol. The lowest BCUT2D eigenvalue weighted by Crippen LogP contribution is -2.55. The average Bonchev–Trinajstić information content (AvgIpc) is 3.30. The number of rotatable bonds is 50. The maximum atomic E-state index is 12.8. The fraction of sp³-hybridized carbons (Fsp3) is 0.750. The van der Waals surface area contributed by atoms with Crippen LogP contribution in [-0.2, 0) is 28.6 Å². The van der Waals surface area contributed by atoms with Crippen molar-refractivity contribution in [2.45, 2.75) is 251 Å². The van der Waals surface area contributed by atoms with Gasteiger partial charge in [0.1, 0.15) is 12.6 Å². The Hall–Kier alpha value is -3.23. The first-order valence-electron chi connectivity index (χ1n) is 28.0. The number of hydrogen-bond donors (Lipinski definition) is 0. The molecule has 0 aliphatic carbocycles. The van der Waals surface area contributed by atoms with E-state index >= 15 is 0 Å². The number of carboxylic acid groups (broad SMARTS) is 1. The SMILES string of the molecule is CC/C=C/C/C=C/C/C=C/C/C=C/CCCCCCCCCCCC(=O)OC(COCCC(C(=O)[O-])[N+](C)(C)C)COC(=O)CCCCCCCCC/C=C/C/C=C/CCCCCCCCCC. The van der Waals surface area contributed by atoms with Crippen molar-refractivity contribution in [1.82, 2.24) is 0 Å². The molecule has 0 saturated heterocycles. The van der Waals surface area contributed by atoms with Crippen LogP contribution in [-0.4, -0.2) is 75.5 Å². The molecule has 0 saturated carbocycles. The van der Waals surface area contributed by atoms with Crippen LogP contribution in [0.2, 0.25) is 0 Å². The minimum atomic E-state index is -1.13. The van der Waals surface area contributed by atoms with Gasteiger partial charge in [0, 0.05) is 19.3 Å². The van der Waals surface area contributed by atoms with Crippen LogP contribution >= 0.6 is 0 Å². The van der Waals surface area contributed by atoms with Crippen molar-refractivity contribution >= 4 is 17.9 Å². The second-order valence-electron chi connectivity index (χ2n) is 19.8. The number of esters is 2. The van der Waals surface area contributed by atoms with Gasteiger partial charge in [-0.3, -0.25) is 9.59 Å². The van der Waals surface area contributed by atoms with E-state index in [4.69, 9.17) is 14.2 Å². The summed E-state index contributed by atoms with van der Waals surface area (Å²) in [6.45, 7) is 4.56. The van der Waals surface area contributed by atoms with Crippen molar-refractivity contribution in [1.29, 1.82) is 0 Å². The Kier molecular flexibility index (Phi) is 47.8. The van der Waals surface area contributed by atoms with Crippen LogP contribution in [0.5, 0.6) is 0 Å². The van der Waals surface area contributed by atoms with Crippen molar-refractivity contribution < 1.29 is 38.2 Å². The Morgan fingerprint density at radius 1 is 0.456 bits per heavy atom. The Labute approximate surface area is 419 Å². The molecule has 2 atom stereocenters. The highest BCUT2D eigenvalue weighted by molar-refractivity contribution is 5.70. The fourth-order valence-electron chi connectivity index (χ4n) is 8.03. The van der Waals surface area contributed by atoms with Crippen molar-refractivity contribution in [3.8, 4) is 0 Å². The molecule has 68 heavy (non-hydrogen) atoms. The summed E-state index contributed by atoms with van der Waals surface area (Å²) in [5.74, 6) is -1.75. The number of unbranched alkanes of at least 4 members (excludes halogenated alkanes) is 24. The molecular weight excluding hydrogens is 847 g/mol. The van der Waals surface area contributed by atoms with E-state index in [1.807, 2.05) is 0 Å². The van der Waals surface area contributed by atoms with Crippen LogP contribution in [0.1, 0.15) is 239 Å². The number of carboxylic acids is 1. The van der Waals surface area contributed by atoms with Crippen LogP contribution in [0.15, 0.2) is 72.9 Å². The highest BCUT2D eigenvalue weighted by Gasteiger charge is 2.25. The number of hydrogen-bond acceptors (Lipinski definition) is 7. The van der Waals surface area contributed by atoms with Gasteiger partial charge in [0.05, 0.1) is 40.3 Å². The number of carbonyl (C=O) groups excluding carboxylic acids is 3. The highest BCUT2D eigenvalue weighted by atomic mass is 16.6. The van der Waals surface area contributed by atoms with Crippen LogP contribution in [0, 0.1) is 0 Å². The van der Waals surface area contributed by atoms with Gasteiger partial charge in [-0.25, -0.2) is 0 Å². The molecule has 0 N–H and O–H groups in total. The molecule has 0 fully saturated rings. The smallest absolute Gasteiger partial charge is 0.306 e. The number of quaternary nitrogens is 1. The van der Waals surface area contributed by atoms with E-state index in [1.165, 1.54) is 122 Å². The summed E-state index contributed by atoms with van der Waals surface area (Å²) in [6.07, 6.45) is 65.1. The minimum Gasteiger partial charge on any atom is -0.544 e. The molecule has 0 radical (unpaired) electrons. The molecule has 0 aliphatic heterocycles. The summed E-state index contributed by atoms with van der Waals surface area (Å²) in [6, 6.07) is -0.732. The van der Waals surface area contributed by atoms with Crippen molar-refractivity contribution in [3.63, 3.8) is 0 Å². The lowest BCUT2D eigenvalue weighted by Gasteiger charge is -2.34. The van der Waals surface area contributed by atoms with Gasteiger partial charge >= 0.3 is 11.9 Å². The lowest BCUT2D eigenvalue weighted by molar-refractivity contribution is -0.889. The number of aliphatic carboxylic acids is 1. The Morgan fingerprint density at radius 2 is 0.824 bits per heavy atom. The zero-order valence-corrected chi connectivity index (χ0v) is 44.8. The van der Waals surface area contributed by atoms with Gasteiger partial charge in [-0.2, -0.15) is 0 Å². The first kappa shape index (κ1) is 64.8. The molecule has 0 spiro atoms. The van der Waals surface area contributed by atoms with Crippen LogP contribution < -0.4 is 5.11 Å². The van der Waals surface area contributed by atoms with Crippen LogP contribution in [0.25, 0.3) is 0 Å². The van der Waals surface area contributed by atoms with E-state index in [-0.39, 0.29) is 42.7 Å². The van der Waals surface area contributed by atoms with Gasteiger partial charge in [-0.05, 0) is 83.5 Å². The van der Waals surface area contributed by atoms with E-state index in [0.29, 0.717) is 12.8 Å². The Morgan fingerprint density at radius 3 is 1.22 bits per heavy atom. The number of nitrogens with zero attached hydrogens (tertiary/aromatic N) is 1. The molecule has 0 aromatic heterocycles. The van der Waals surface area contributed by atoms with Crippen molar-refractivity contribution in [3.05, 3.63) is 72.9 Å².